The Morgan fingerprint density at radius 1 is 1.38 bits per heavy atom. The van der Waals surface area contributed by atoms with Gasteiger partial charge in [-0.25, -0.2) is 13.7 Å². The Kier molecular flexibility index (Phi) is 6.13. The number of hydrogen-bond acceptors (Lipinski definition) is 8. The fraction of sp³-hybridized carbons (Fsp3) is 0.529. The maximum atomic E-state index is 11.0. The van der Waals surface area contributed by atoms with Crippen molar-refractivity contribution >= 4 is 34.4 Å². The molecule has 3 aromatic rings. The molecular weight excluding hydrogens is 412 g/mol. The van der Waals surface area contributed by atoms with Crippen molar-refractivity contribution in [2.75, 3.05) is 24.3 Å². The molecule has 1 unspecified atom stereocenters. The monoisotopic (exact) mass is 436 g/mol. The number of nitrogens with zero attached hydrogens (tertiary/aromatic N) is 6. The van der Waals surface area contributed by atoms with E-state index >= 15 is 0 Å². The van der Waals surface area contributed by atoms with Crippen LogP contribution in [-0.2, 0) is 11.1 Å². The molecule has 3 N–H and O–H groups in total. The van der Waals surface area contributed by atoms with Crippen LogP contribution in [0.25, 0.3) is 16.9 Å². The number of piperidine rings is 1. The van der Waals surface area contributed by atoms with Crippen molar-refractivity contribution in [1.82, 2.24) is 34.7 Å². The molecule has 1 saturated heterocycles. The molecule has 1 aliphatic heterocycles. The van der Waals surface area contributed by atoms with Crippen LogP contribution >= 0.6 is 11.8 Å². The Morgan fingerprint density at radius 2 is 2.17 bits per heavy atom. The van der Waals surface area contributed by atoms with E-state index < -0.39 is 11.1 Å². The molecule has 1 fully saturated rings. The second-order valence-electron chi connectivity index (χ2n) is 7.26. The number of fused-ring (bicyclic) bond motifs is 1. The SMILES string of the molecule is CC(C)Sc1c(-c2cn[nH]c2)ncc2nc(NC3CCN(CS(=O)O)CC3)nn12. The number of anilines is 1. The average Bonchev–Trinajstić information content (AvgIpc) is 3.32. The summed E-state index contributed by atoms with van der Waals surface area (Å²) >= 11 is -0.0967. The van der Waals surface area contributed by atoms with Crippen LogP contribution < -0.4 is 5.32 Å². The molecule has 4 heterocycles. The van der Waals surface area contributed by atoms with Crippen molar-refractivity contribution in [3.8, 4) is 11.3 Å². The molecule has 1 atom stereocenters. The van der Waals surface area contributed by atoms with Gasteiger partial charge in [0.05, 0.1) is 12.4 Å². The third-order valence-corrected chi connectivity index (χ3v) is 6.32. The van der Waals surface area contributed by atoms with Gasteiger partial charge in [0.25, 0.3) is 0 Å². The Balaban J connectivity index is 1.55. The molecule has 0 radical (unpaired) electrons. The maximum Gasteiger partial charge on any atom is 0.243 e. The minimum Gasteiger partial charge on any atom is -0.350 e. The van der Waals surface area contributed by atoms with E-state index in [2.05, 4.69) is 39.3 Å². The summed E-state index contributed by atoms with van der Waals surface area (Å²) in [6, 6.07) is 0.235. The summed E-state index contributed by atoms with van der Waals surface area (Å²) in [5.41, 5.74) is 2.43. The molecule has 12 heteroatoms. The van der Waals surface area contributed by atoms with Gasteiger partial charge in [0, 0.05) is 36.1 Å². The van der Waals surface area contributed by atoms with E-state index in [9.17, 15) is 4.21 Å². The van der Waals surface area contributed by atoms with Gasteiger partial charge in [-0.3, -0.25) is 10.00 Å². The number of thioether (sulfide) groups is 1. The summed E-state index contributed by atoms with van der Waals surface area (Å²) in [7, 11) is 0. The normalized spacial score (nSPS) is 17.2. The lowest BCUT2D eigenvalue weighted by atomic mass is 10.1. The summed E-state index contributed by atoms with van der Waals surface area (Å²) < 4.78 is 21.9. The first-order valence-corrected chi connectivity index (χ1v) is 11.6. The lowest BCUT2D eigenvalue weighted by molar-refractivity contribution is 0.247. The first kappa shape index (κ1) is 20.3. The summed E-state index contributed by atoms with van der Waals surface area (Å²) in [5.74, 6) is 0.781. The van der Waals surface area contributed by atoms with Crippen LogP contribution in [0.4, 0.5) is 5.95 Å². The predicted octanol–water partition coefficient (Wildman–Crippen LogP) is 2.07. The molecule has 0 aliphatic carbocycles. The molecule has 0 bridgehead atoms. The highest BCUT2D eigenvalue weighted by atomic mass is 32.2. The van der Waals surface area contributed by atoms with Gasteiger partial charge in [0.2, 0.25) is 5.95 Å². The quantitative estimate of drug-likeness (QED) is 0.377. The highest BCUT2D eigenvalue weighted by molar-refractivity contribution is 7.99. The van der Waals surface area contributed by atoms with Crippen LogP contribution in [0.1, 0.15) is 26.7 Å². The zero-order valence-electron chi connectivity index (χ0n) is 16.3. The number of aromatic amines is 1. The largest absolute Gasteiger partial charge is 0.350 e. The van der Waals surface area contributed by atoms with Gasteiger partial charge in [0.1, 0.15) is 16.6 Å². The second kappa shape index (κ2) is 8.78. The molecule has 29 heavy (non-hydrogen) atoms. The zero-order valence-corrected chi connectivity index (χ0v) is 17.9. The third kappa shape index (κ3) is 4.77. The highest BCUT2D eigenvalue weighted by Crippen LogP contribution is 2.32. The number of likely N-dealkylation sites (tertiary alicyclic amines) is 1. The number of aromatic nitrogens is 6. The Bertz CT molecular complexity index is 983. The van der Waals surface area contributed by atoms with E-state index in [0.717, 1.165) is 42.2 Å². The van der Waals surface area contributed by atoms with Crippen LogP contribution in [0, 0.1) is 0 Å². The fourth-order valence-electron chi connectivity index (χ4n) is 3.35. The van der Waals surface area contributed by atoms with E-state index in [-0.39, 0.29) is 11.9 Å². The molecule has 0 aromatic carbocycles. The molecule has 0 amide bonds. The Hall–Kier alpha value is -2.02. The van der Waals surface area contributed by atoms with Crippen molar-refractivity contribution in [2.24, 2.45) is 0 Å². The van der Waals surface area contributed by atoms with Gasteiger partial charge < -0.3 is 9.87 Å². The minimum absolute atomic E-state index is 0.206. The molecular formula is C17H24N8O2S2. The average molecular weight is 437 g/mol. The molecule has 0 spiro atoms. The molecule has 0 saturated carbocycles. The van der Waals surface area contributed by atoms with Crippen molar-refractivity contribution in [1.29, 1.82) is 0 Å². The van der Waals surface area contributed by atoms with E-state index in [0.29, 0.717) is 16.8 Å². The van der Waals surface area contributed by atoms with Crippen LogP contribution in [0.2, 0.25) is 0 Å². The standard InChI is InChI=1S/C17H24N8O2S2/c1-11(2)28-16-15(12-7-19-20-8-12)18-9-14-22-17(23-25(14)16)21-13-3-5-24(6-4-13)10-29(26)27/h7-9,11,13H,3-6,10H2,1-2H3,(H,19,20)(H,21,23)(H,26,27). The van der Waals surface area contributed by atoms with Gasteiger partial charge >= 0.3 is 0 Å². The molecule has 10 nitrogen and oxygen atoms in total. The summed E-state index contributed by atoms with van der Waals surface area (Å²) in [5, 5.41) is 16.3. The second-order valence-corrected chi connectivity index (χ2v) is 9.72. The Morgan fingerprint density at radius 3 is 2.83 bits per heavy atom. The zero-order chi connectivity index (χ0) is 20.4. The number of H-pyrrole nitrogens is 1. The summed E-state index contributed by atoms with van der Waals surface area (Å²) in [6.45, 7) is 5.81. The van der Waals surface area contributed by atoms with Gasteiger partial charge in [-0.2, -0.15) is 10.1 Å². The molecule has 4 rings (SSSR count). The van der Waals surface area contributed by atoms with Crippen molar-refractivity contribution in [3.63, 3.8) is 0 Å². The first-order chi connectivity index (χ1) is 14.0. The minimum atomic E-state index is -1.78. The predicted molar refractivity (Wildman–Crippen MR) is 113 cm³/mol. The number of hydrogen-bond donors (Lipinski definition) is 3. The van der Waals surface area contributed by atoms with Crippen LogP contribution in [-0.4, -0.2) is 73.7 Å². The van der Waals surface area contributed by atoms with Gasteiger partial charge in [-0.1, -0.05) is 13.8 Å². The van der Waals surface area contributed by atoms with Crippen LogP contribution in [0.15, 0.2) is 23.6 Å². The third-order valence-electron chi connectivity index (χ3n) is 4.67. The van der Waals surface area contributed by atoms with Gasteiger partial charge in [0.15, 0.2) is 16.7 Å². The molecule has 156 valence electrons. The van der Waals surface area contributed by atoms with Crippen molar-refractivity contribution < 1.29 is 8.76 Å². The van der Waals surface area contributed by atoms with Gasteiger partial charge in [-0.05, 0) is 12.8 Å². The van der Waals surface area contributed by atoms with E-state index in [1.54, 1.807) is 24.2 Å². The number of nitrogens with one attached hydrogen (secondary N) is 2. The smallest absolute Gasteiger partial charge is 0.243 e. The Labute approximate surface area is 175 Å². The molecule has 1 aliphatic rings. The first-order valence-electron chi connectivity index (χ1n) is 9.47. The van der Waals surface area contributed by atoms with Crippen molar-refractivity contribution in [3.05, 3.63) is 18.6 Å². The van der Waals surface area contributed by atoms with Crippen molar-refractivity contribution in [2.45, 2.75) is 43.0 Å². The van der Waals surface area contributed by atoms with E-state index in [1.165, 1.54) is 0 Å². The van der Waals surface area contributed by atoms with Gasteiger partial charge in [-0.15, -0.1) is 16.9 Å². The lowest BCUT2D eigenvalue weighted by Crippen LogP contribution is -2.40. The van der Waals surface area contributed by atoms with Crippen LogP contribution in [0.3, 0.4) is 0 Å². The van der Waals surface area contributed by atoms with Crippen LogP contribution in [0.5, 0.6) is 0 Å². The molecule has 3 aromatic heterocycles. The lowest BCUT2D eigenvalue weighted by Gasteiger charge is -2.30. The highest BCUT2D eigenvalue weighted by Gasteiger charge is 2.22. The van der Waals surface area contributed by atoms with E-state index in [1.807, 2.05) is 15.6 Å². The maximum absolute atomic E-state index is 11.0. The summed E-state index contributed by atoms with van der Waals surface area (Å²) in [4.78, 5) is 11.2. The van der Waals surface area contributed by atoms with E-state index in [4.69, 9.17) is 9.65 Å². The number of rotatable bonds is 7. The fourth-order valence-corrected chi connectivity index (χ4v) is 4.88. The summed E-state index contributed by atoms with van der Waals surface area (Å²) in [6.07, 6.45) is 7.05. The topological polar surface area (TPSA) is 124 Å².